The van der Waals surface area contributed by atoms with Gasteiger partial charge in [0, 0.05) is 17.6 Å². The molecule has 2 unspecified atom stereocenters. The molecule has 1 saturated heterocycles. The molecule has 168 valence electrons. The van der Waals surface area contributed by atoms with Gasteiger partial charge in [0.1, 0.15) is 10.6 Å². The molecular weight excluding hydrogens is 428 g/mol. The van der Waals surface area contributed by atoms with Crippen LogP contribution in [0.1, 0.15) is 54.4 Å². The van der Waals surface area contributed by atoms with Crippen molar-refractivity contribution in [1.29, 1.82) is 0 Å². The number of halogens is 1. The van der Waals surface area contributed by atoms with Crippen molar-refractivity contribution in [3.8, 4) is 5.75 Å². The van der Waals surface area contributed by atoms with Gasteiger partial charge in [0.15, 0.2) is 0 Å². The number of carbonyl (C=O) groups excluding carboxylic acids is 1. The van der Waals surface area contributed by atoms with E-state index in [-0.39, 0.29) is 46.5 Å². The maximum atomic E-state index is 13.3. The highest BCUT2D eigenvalue weighted by molar-refractivity contribution is 7.89. The highest BCUT2D eigenvalue weighted by atomic mass is 35.5. The molecule has 2 heterocycles. The summed E-state index contributed by atoms with van der Waals surface area (Å²) in [5.41, 5.74) is 7.19. The van der Waals surface area contributed by atoms with E-state index in [1.165, 1.54) is 26.0 Å². The Morgan fingerprint density at radius 2 is 2.10 bits per heavy atom. The summed E-state index contributed by atoms with van der Waals surface area (Å²) in [6.07, 6.45) is 6.83. The van der Waals surface area contributed by atoms with Gasteiger partial charge in [0.2, 0.25) is 10.0 Å². The number of nitrogen functional groups attached to an aromatic ring is 1. The van der Waals surface area contributed by atoms with Crippen molar-refractivity contribution in [2.45, 2.75) is 61.9 Å². The van der Waals surface area contributed by atoms with Crippen molar-refractivity contribution in [1.82, 2.24) is 15.4 Å². The number of fused-ring (bicyclic) bond motifs is 1. The second kappa shape index (κ2) is 9.30. The van der Waals surface area contributed by atoms with E-state index in [2.05, 4.69) is 15.4 Å². The lowest BCUT2D eigenvalue weighted by molar-refractivity contribution is 0.0919. The SMILES string of the molecule is CNS(=O)(=O)c1cc(C(=O)NC(CC2CC2)C2CCCN2)c2c(c1N)CCCO2.Cl. The third kappa shape index (κ3) is 4.69. The summed E-state index contributed by atoms with van der Waals surface area (Å²) in [6, 6.07) is 1.64. The molecule has 3 aliphatic rings. The van der Waals surface area contributed by atoms with Crippen molar-refractivity contribution in [3.63, 3.8) is 0 Å². The number of sulfonamides is 1. The predicted octanol–water partition coefficient (Wildman–Crippen LogP) is 1.57. The number of hydrogen-bond donors (Lipinski definition) is 4. The summed E-state index contributed by atoms with van der Waals surface area (Å²) in [5, 5.41) is 6.67. The first-order valence-corrected chi connectivity index (χ1v) is 11.9. The molecule has 1 saturated carbocycles. The third-order valence-electron chi connectivity index (χ3n) is 6.19. The van der Waals surface area contributed by atoms with E-state index in [1.807, 2.05) is 0 Å². The topological polar surface area (TPSA) is 123 Å². The molecule has 0 bridgehead atoms. The number of benzene rings is 1. The third-order valence-corrected chi connectivity index (χ3v) is 7.64. The number of nitrogens with one attached hydrogen (secondary N) is 3. The predicted molar refractivity (Wildman–Crippen MR) is 118 cm³/mol. The van der Waals surface area contributed by atoms with Crippen LogP contribution in [0, 0.1) is 5.92 Å². The maximum Gasteiger partial charge on any atom is 0.255 e. The van der Waals surface area contributed by atoms with Crippen LogP contribution in [-0.4, -0.2) is 46.6 Å². The number of amides is 1. The molecule has 1 aromatic rings. The van der Waals surface area contributed by atoms with E-state index in [0.29, 0.717) is 30.3 Å². The monoisotopic (exact) mass is 458 g/mol. The van der Waals surface area contributed by atoms with E-state index in [0.717, 1.165) is 32.2 Å². The Morgan fingerprint density at radius 1 is 1.33 bits per heavy atom. The van der Waals surface area contributed by atoms with Gasteiger partial charge in [0.25, 0.3) is 5.91 Å². The summed E-state index contributed by atoms with van der Waals surface area (Å²) in [4.78, 5) is 13.2. The fraction of sp³-hybridized carbons (Fsp3) is 0.650. The molecule has 0 spiro atoms. The molecule has 0 radical (unpaired) electrons. The largest absolute Gasteiger partial charge is 0.492 e. The van der Waals surface area contributed by atoms with Crippen molar-refractivity contribution < 1.29 is 17.9 Å². The van der Waals surface area contributed by atoms with E-state index < -0.39 is 10.0 Å². The number of nitrogens with two attached hydrogens (primary N) is 1. The number of rotatable bonds is 7. The fourth-order valence-electron chi connectivity index (χ4n) is 4.38. The normalized spacial score (nSPS) is 21.8. The second-order valence-electron chi connectivity index (χ2n) is 8.27. The first-order valence-electron chi connectivity index (χ1n) is 10.5. The Balaban J connectivity index is 0.00000256. The van der Waals surface area contributed by atoms with Gasteiger partial charge < -0.3 is 21.1 Å². The van der Waals surface area contributed by atoms with E-state index >= 15 is 0 Å². The van der Waals surface area contributed by atoms with Crippen LogP contribution in [0.15, 0.2) is 11.0 Å². The maximum absolute atomic E-state index is 13.3. The first-order chi connectivity index (χ1) is 13.9. The fourth-order valence-corrected chi connectivity index (χ4v) is 5.29. The summed E-state index contributed by atoms with van der Waals surface area (Å²) in [5.74, 6) is 0.792. The Bertz CT molecular complexity index is 899. The molecule has 2 atom stereocenters. The highest BCUT2D eigenvalue weighted by Gasteiger charge is 2.34. The number of ether oxygens (including phenoxy) is 1. The van der Waals surface area contributed by atoms with Crippen molar-refractivity contribution in [3.05, 3.63) is 17.2 Å². The van der Waals surface area contributed by atoms with Gasteiger partial charge in [-0.25, -0.2) is 13.1 Å². The molecule has 4 rings (SSSR count). The van der Waals surface area contributed by atoms with Gasteiger partial charge in [-0.2, -0.15) is 0 Å². The zero-order valence-corrected chi connectivity index (χ0v) is 18.8. The molecule has 1 aromatic carbocycles. The molecule has 2 aliphatic heterocycles. The molecule has 1 aliphatic carbocycles. The number of carbonyl (C=O) groups is 1. The van der Waals surface area contributed by atoms with Gasteiger partial charge in [0.05, 0.1) is 17.9 Å². The molecule has 10 heteroatoms. The van der Waals surface area contributed by atoms with E-state index in [9.17, 15) is 13.2 Å². The Hall–Kier alpha value is -1.55. The quantitative estimate of drug-likeness (QED) is 0.460. The molecule has 1 amide bonds. The molecule has 2 fully saturated rings. The average Bonchev–Trinajstić information content (AvgIpc) is 3.36. The zero-order valence-electron chi connectivity index (χ0n) is 17.2. The van der Waals surface area contributed by atoms with Crippen LogP contribution < -0.4 is 25.8 Å². The molecule has 5 N–H and O–H groups in total. The lowest BCUT2D eigenvalue weighted by Crippen LogP contribution is -2.48. The van der Waals surface area contributed by atoms with Crippen molar-refractivity contribution >= 4 is 34.0 Å². The standard InChI is InChI=1S/C20H30N4O4S.ClH/c1-22-29(26,27)17-11-14(19-13(18(17)21)4-3-9-28-19)20(25)24-16(10-12-6-7-12)15-5-2-8-23-15;/h11-12,15-16,22-23H,2-10,21H2,1H3,(H,24,25);1H. The number of hydrogen-bond acceptors (Lipinski definition) is 6. The first kappa shape index (κ1) is 23.1. The number of anilines is 1. The Labute approximate surface area is 184 Å². The summed E-state index contributed by atoms with van der Waals surface area (Å²) < 4.78 is 33.1. The van der Waals surface area contributed by atoms with Crippen molar-refractivity contribution in [2.75, 3.05) is 25.9 Å². The van der Waals surface area contributed by atoms with E-state index in [4.69, 9.17) is 10.5 Å². The molecule has 8 nitrogen and oxygen atoms in total. The minimum Gasteiger partial charge on any atom is -0.492 e. The lowest BCUT2D eigenvalue weighted by Gasteiger charge is -2.27. The van der Waals surface area contributed by atoms with Crippen LogP contribution in [0.4, 0.5) is 5.69 Å². The van der Waals surface area contributed by atoms with Crippen LogP contribution in [0.25, 0.3) is 0 Å². The summed E-state index contributed by atoms with van der Waals surface area (Å²) >= 11 is 0. The van der Waals surface area contributed by atoms with Gasteiger partial charge in [-0.1, -0.05) is 12.8 Å². The minimum absolute atomic E-state index is 0. The van der Waals surface area contributed by atoms with Gasteiger partial charge in [-0.05, 0) is 57.7 Å². The molecular formula is C20H31ClN4O4S. The summed E-state index contributed by atoms with van der Waals surface area (Å²) in [7, 11) is -2.46. The molecule has 30 heavy (non-hydrogen) atoms. The van der Waals surface area contributed by atoms with Gasteiger partial charge in [-0.3, -0.25) is 4.79 Å². The van der Waals surface area contributed by atoms with Crippen LogP contribution in [0.2, 0.25) is 0 Å². The summed E-state index contributed by atoms with van der Waals surface area (Å²) in [6.45, 7) is 1.45. The van der Waals surface area contributed by atoms with Crippen LogP contribution in [0.5, 0.6) is 5.75 Å². The zero-order chi connectivity index (χ0) is 20.6. The van der Waals surface area contributed by atoms with Crippen molar-refractivity contribution in [2.24, 2.45) is 5.92 Å². The van der Waals surface area contributed by atoms with E-state index in [1.54, 1.807) is 0 Å². The van der Waals surface area contributed by atoms with Gasteiger partial charge >= 0.3 is 0 Å². The lowest BCUT2D eigenvalue weighted by atomic mass is 9.97. The smallest absolute Gasteiger partial charge is 0.255 e. The second-order valence-corrected chi connectivity index (χ2v) is 10.1. The van der Waals surface area contributed by atoms with Crippen LogP contribution in [0.3, 0.4) is 0 Å². The molecule has 0 aromatic heterocycles. The minimum atomic E-state index is -3.79. The Kier molecular flexibility index (Phi) is 7.16. The van der Waals surface area contributed by atoms with Crippen LogP contribution in [-0.2, 0) is 16.4 Å². The highest BCUT2D eigenvalue weighted by Crippen LogP contribution is 2.39. The van der Waals surface area contributed by atoms with Crippen LogP contribution >= 0.6 is 12.4 Å². The average molecular weight is 459 g/mol. The van der Waals surface area contributed by atoms with Gasteiger partial charge in [-0.15, -0.1) is 12.4 Å². The Morgan fingerprint density at radius 3 is 2.73 bits per heavy atom.